The fraction of sp³-hybridized carbons (Fsp3) is 0.417. The highest BCUT2D eigenvalue weighted by atomic mass is 16.5. The van der Waals surface area contributed by atoms with Crippen LogP contribution in [0.2, 0.25) is 0 Å². The van der Waals surface area contributed by atoms with Gasteiger partial charge in [0.2, 0.25) is 0 Å². The Bertz CT molecular complexity index is 418. The Morgan fingerprint density at radius 1 is 1.38 bits per heavy atom. The smallest absolute Gasteiger partial charge is 0.161 e. The number of carbonyl (C=O) groups is 1. The molecule has 0 bridgehead atoms. The van der Waals surface area contributed by atoms with Gasteiger partial charge in [-0.2, -0.15) is 0 Å². The summed E-state index contributed by atoms with van der Waals surface area (Å²) in [4.78, 5) is 10.7. The van der Waals surface area contributed by atoms with Crippen molar-refractivity contribution in [1.82, 2.24) is 0 Å². The third-order valence-corrected chi connectivity index (χ3v) is 1.96. The van der Waals surface area contributed by atoms with Gasteiger partial charge in [-0.15, -0.1) is 0 Å². The first-order chi connectivity index (χ1) is 8.96. The highest BCUT2D eigenvalue weighted by Crippen LogP contribution is 2.27. The molecule has 0 unspecified atom stereocenters. The van der Waals surface area contributed by atoms with Gasteiger partial charge >= 0.3 is 0 Å². The SMILES string of the molecule is [2H]C([2H])([2H])Oc1ccc(C=O)cc1OCCCOC. The molecule has 1 rings (SSSR count). The lowest BCUT2D eigenvalue weighted by Crippen LogP contribution is -2.03. The van der Waals surface area contributed by atoms with Crippen molar-refractivity contribution in [3.05, 3.63) is 23.8 Å². The van der Waals surface area contributed by atoms with Crippen molar-refractivity contribution in [2.45, 2.75) is 6.42 Å². The molecule has 16 heavy (non-hydrogen) atoms. The van der Waals surface area contributed by atoms with Crippen molar-refractivity contribution in [3.8, 4) is 11.5 Å². The Morgan fingerprint density at radius 2 is 2.25 bits per heavy atom. The van der Waals surface area contributed by atoms with Crippen LogP contribution in [0.15, 0.2) is 18.2 Å². The molecular weight excluding hydrogens is 208 g/mol. The normalized spacial score (nSPS) is 13.4. The molecule has 0 aromatic heterocycles. The molecule has 0 saturated carbocycles. The van der Waals surface area contributed by atoms with E-state index in [0.717, 1.165) is 0 Å². The average Bonchev–Trinajstić information content (AvgIpc) is 2.34. The summed E-state index contributed by atoms with van der Waals surface area (Å²) in [6, 6.07) is 4.32. The van der Waals surface area contributed by atoms with E-state index < -0.39 is 7.04 Å². The predicted molar refractivity (Wildman–Crippen MR) is 60.4 cm³/mol. The minimum Gasteiger partial charge on any atom is -0.493 e. The van der Waals surface area contributed by atoms with Gasteiger partial charge in [0, 0.05) is 25.7 Å². The van der Waals surface area contributed by atoms with E-state index in [1.165, 1.54) is 18.2 Å². The van der Waals surface area contributed by atoms with Gasteiger partial charge in [0.15, 0.2) is 11.5 Å². The first-order valence-corrected chi connectivity index (χ1v) is 4.86. The molecule has 0 aliphatic rings. The van der Waals surface area contributed by atoms with Gasteiger partial charge in [-0.05, 0) is 18.2 Å². The number of methoxy groups -OCH3 is 2. The molecule has 1 aromatic rings. The molecule has 0 heterocycles. The van der Waals surface area contributed by atoms with E-state index in [9.17, 15) is 4.79 Å². The van der Waals surface area contributed by atoms with Crippen molar-refractivity contribution in [1.29, 1.82) is 0 Å². The van der Waals surface area contributed by atoms with Gasteiger partial charge in [-0.25, -0.2) is 0 Å². The number of hydrogen-bond donors (Lipinski definition) is 0. The second-order valence-corrected chi connectivity index (χ2v) is 3.12. The summed E-state index contributed by atoms with van der Waals surface area (Å²) in [6.07, 6.45) is 1.30. The number of benzene rings is 1. The van der Waals surface area contributed by atoms with Crippen LogP contribution < -0.4 is 9.47 Å². The molecule has 0 radical (unpaired) electrons. The number of hydrogen-bond acceptors (Lipinski definition) is 4. The van der Waals surface area contributed by atoms with Crippen molar-refractivity contribution in [2.24, 2.45) is 0 Å². The zero-order valence-corrected chi connectivity index (χ0v) is 9.06. The monoisotopic (exact) mass is 227 g/mol. The lowest BCUT2D eigenvalue weighted by Gasteiger charge is -2.10. The van der Waals surface area contributed by atoms with E-state index in [-0.39, 0.29) is 11.5 Å². The fourth-order valence-electron chi connectivity index (χ4n) is 1.18. The molecule has 0 atom stereocenters. The third-order valence-electron chi connectivity index (χ3n) is 1.96. The maximum atomic E-state index is 10.7. The van der Waals surface area contributed by atoms with E-state index in [1.807, 2.05) is 0 Å². The van der Waals surface area contributed by atoms with Crippen molar-refractivity contribution in [2.75, 3.05) is 27.4 Å². The summed E-state index contributed by atoms with van der Waals surface area (Å²) >= 11 is 0. The maximum absolute atomic E-state index is 10.7. The van der Waals surface area contributed by atoms with Crippen LogP contribution in [0, 0.1) is 0 Å². The Kier molecular flexibility index (Phi) is 3.67. The molecule has 4 nitrogen and oxygen atoms in total. The molecule has 0 aliphatic carbocycles. The van der Waals surface area contributed by atoms with Gasteiger partial charge in [0.05, 0.1) is 17.8 Å². The molecular formula is C12H16O4. The van der Waals surface area contributed by atoms with E-state index in [1.54, 1.807) is 7.11 Å². The van der Waals surface area contributed by atoms with Crippen LogP contribution in [0.5, 0.6) is 11.5 Å². The largest absolute Gasteiger partial charge is 0.493 e. The zero-order chi connectivity index (χ0) is 14.3. The number of aldehydes is 1. The maximum Gasteiger partial charge on any atom is 0.161 e. The highest BCUT2D eigenvalue weighted by Gasteiger charge is 2.05. The fourth-order valence-corrected chi connectivity index (χ4v) is 1.18. The quantitative estimate of drug-likeness (QED) is 0.527. The Hall–Kier alpha value is -1.55. The van der Waals surface area contributed by atoms with Crippen molar-refractivity contribution >= 4 is 6.29 Å². The van der Waals surface area contributed by atoms with Crippen molar-refractivity contribution in [3.63, 3.8) is 0 Å². The molecule has 0 fully saturated rings. The first-order valence-electron chi connectivity index (χ1n) is 6.36. The van der Waals surface area contributed by atoms with Gasteiger partial charge in [0.1, 0.15) is 6.29 Å². The molecule has 1 aromatic carbocycles. The summed E-state index contributed by atoms with van der Waals surface area (Å²) in [5.41, 5.74) is 0.389. The summed E-state index contributed by atoms with van der Waals surface area (Å²) in [6.45, 7) is 0.871. The van der Waals surface area contributed by atoms with Crippen LogP contribution in [0.25, 0.3) is 0 Å². The first kappa shape index (κ1) is 8.58. The van der Waals surface area contributed by atoms with E-state index in [2.05, 4.69) is 0 Å². The summed E-state index contributed by atoms with van der Waals surface area (Å²) in [7, 11) is -0.983. The van der Waals surface area contributed by atoms with E-state index >= 15 is 0 Å². The topological polar surface area (TPSA) is 44.8 Å². The lowest BCUT2D eigenvalue weighted by molar-refractivity contribution is 0.112. The predicted octanol–water partition coefficient (Wildman–Crippen LogP) is 1.92. The minimum atomic E-state index is -2.56. The van der Waals surface area contributed by atoms with Crippen LogP contribution >= 0.6 is 0 Å². The zero-order valence-electron chi connectivity index (χ0n) is 12.1. The molecule has 4 heteroatoms. The highest BCUT2D eigenvalue weighted by molar-refractivity contribution is 5.76. The van der Waals surface area contributed by atoms with Crippen LogP contribution in [-0.2, 0) is 4.74 Å². The second-order valence-electron chi connectivity index (χ2n) is 3.12. The second kappa shape index (κ2) is 6.85. The Balaban J connectivity index is 2.80. The van der Waals surface area contributed by atoms with Gasteiger partial charge in [-0.1, -0.05) is 0 Å². The van der Waals surface area contributed by atoms with Crippen molar-refractivity contribution < 1.29 is 23.1 Å². The summed E-state index contributed by atoms with van der Waals surface area (Å²) in [5, 5.41) is 0. The number of rotatable bonds is 7. The van der Waals surface area contributed by atoms with Crippen LogP contribution in [-0.4, -0.2) is 33.6 Å². The number of carbonyl (C=O) groups excluding carboxylic acids is 1. The molecule has 0 aliphatic heterocycles. The van der Waals surface area contributed by atoms with Gasteiger partial charge < -0.3 is 14.2 Å². The standard InChI is InChI=1S/C12H16O4/c1-14-6-3-7-16-12-8-10(9-13)4-5-11(12)15-2/h4-5,8-9H,3,6-7H2,1-2H3/i2D3. The summed E-state index contributed by atoms with van der Waals surface area (Å²) < 4.78 is 36.3. The van der Waals surface area contributed by atoms with Crippen LogP contribution in [0.1, 0.15) is 20.9 Å². The summed E-state index contributed by atoms with van der Waals surface area (Å²) in [5.74, 6) is 0.319. The molecule has 0 amide bonds. The lowest BCUT2D eigenvalue weighted by atomic mass is 10.2. The minimum absolute atomic E-state index is 0.0861. The van der Waals surface area contributed by atoms with E-state index in [4.69, 9.17) is 18.3 Å². The molecule has 0 saturated heterocycles. The molecule has 88 valence electrons. The van der Waals surface area contributed by atoms with Crippen LogP contribution in [0.4, 0.5) is 0 Å². The van der Waals surface area contributed by atoms with E-state index in [0.29, 0.717) is 31.5 Å². The Labute approximate surface area is 99.3 Å². The van der Waals surface area contributed by atoms with Gasteiger partial charge in [0.25, 0.3) is 0 Å². The van der Waals surface area contributed by atoms with Crippen LogP contribution in [0.3, 0.4) is 0 Å². The molecule has 0 spiro atoms. The average molecular weight is 227 g/mol. The van der Waals surface area contributed by atoms with Gasteiger partial charge in [-0.3, -0.25) is 4.79 Å². The Morgan fingerprint density at radius 3 is 2.94 bits per heavy atom. The third kappa shape index (κ3) is 3.55. The molecule has 0 N–H and O–H groups in total. The number of ether oxygens (including phenoxy) is 3.